The predicted molar refractivity (Wildman–Crippen MR) is 59.2 cm³/mol. The molecule has 0 fully saturated rings. The fourth-order valence-corrected chi connectivity index (χ4v) is 2.08. The Morgan fingerprint density at radius 3 is 1.92 bits per heavy atom. The van der Waals surface area contributed by atoms with Gasteiger partial charge in [0.15, 0.2) is 0 Å². The molecule has 0 nitrogen and oxygen atoms in total. The van der Waals surface area contributed by atoms with Crippen molar-refractivity contribution in [2.75, 3.05) is 0 Å². The van der Waals surface area contributed by atoms with E-state index in [0.717, 1.165) is 0 Å². The van der Waals surface area contributed by atoms with Gasteiger partial charge in [-0.2, -0.15) is 0 Å². The largest absolute Gasteiger partial charge is 0.0595 e. The molecule has 66 valence electrons. The zero-order valence-electron chi connectivity index (χ0n) is 8.73. The highest BCUT2D eigenvalue weighted by Crippen LogP contribution is 2.28. The molecule has 1 aliphatic carbocycles. The highest BCUT2D eigenvalue weighted by Gasteiger charge is 2.17. The first-order chi connectivity index (χ1) is 5.41. The van der Waals surface area contributed by atoms with Crippen molar-refractivity contribution < 1.29 is 0 Å². The van der Waals surface area contributed by atoms with E-state index in [0.29, 0.717) is 5.41 Å². The Balaban J connectivity index is 2.97. The lowest BCUT2D eigenvalue weighted by Crippen LogP contribution is -2.07. The summed E-state index contributed by atoms with van der Waals surface area (Å²) < 4.78 is 0. The van der Waals surface area contributed by atoms with Crippen LogP contribution < -0.4 is 0 Å². The van der Waals surface area contributed by atoms with Crippen LogP contribution in [-0.2, 0) is 0 Å². The van der Waals surface area contributed by atoms with Crippen LogP contribution in [0.2, 0.25) is 13.1 Å². The van der Waals surface area contributed by atoms with Crippen LogP contribution in [0.5, 0.6) is 0 Å². The molecule has 0 unspecified atom stereocenters. The molecule has 0 radical (unpaired) electrons. The number of hydrogen-bond donors (Lipinski definition) is 0. The lowest BCUT2D eigenvalue weighted by molar-refractivity contribution is 0.519. The van der Waals surface area contributed by atoms with Crippen LogP contribution in [0.4, 0.5) is 0 Å². The van der Waals surface area contributed by atoms with E-state index < -0.39 is 0 Å². The van der Waals surface area contributed by atoms with E-state index in [2.05, 4.69) is 52.1 Å². The van der Waals surface area contributed by atoms with Gasteiger partial charge in [-0.15, -0.1) is 0 Å². The number of rotatable bonds is 0. The van der Waals surface area contributed by atoms with E-state index in [1.54, 1.807) is 5.17 Å². The van der Waals surface area contributed by atoms with Crippen molar-refractivity contribution in [3.05, 3.63) is 23.8 Å². The van der Waals surface area contributed by atoms with E-state index >= 15 is 0 Å². The molecule has 0 aromatic rings. The van der Waals surface area contributed by atoms with E-state index in [1.165, 1.54) is 5.57 Å². The second kappa shape index (κ2) is 3.13. The van der Waals surface area contributed by atoms with Crippen molar-refractivity contribution in [1.82, 2.24) is 0 Å². The average Bonchev–Trinajstić information content (AvgIpc) is 2.30. The number of hydrogen-bond acceptors (Lipinski definition) is 0. The minimum atomic E-state index is -0.251. The highest BCUT2D eigenvalue weighted by atomic mass is 28.2. The van der Waals surface area contributed by atoms with Crippen molar-refractivity contribution in [2.45, 2.75) is 33.9 Å². The van der Waals surface area contributed by atoms with Crippen LogP contribution >= 0.6 is 0 Å². The third kappa shape index (κ3) is 2.04. The van der Waals surface area contributed by atoms with Gasteiger partial charge < -0.3 is 0 Å². The van der Waals surface area contributed by atoms with Crippen LogP contribution in [0.3, 0.4) is 0 Å². The quantitative estimate of drug-likeness (QED) is 0.500. The molecule has 1 aliphatic rings. The second-order valence-corrected chi connectivity index (χ2v) is 7.22. The molecule has 0 saturated carbocycles. The van der Waals surface area contributed by atoms with Crippen LogP contribution in [0.25, 0.3) is 0 Å². The van der Waals surface area contributed by atoms with Crippen LogP contribution in [-0.4, -0.2) is 13.6 Å². The molecular formula is C11H18Si. The van der Waals surface area contributed by atoms with Gasteiger partial charge in [-0.25, -0.2) is 0 Å². The van der Waals surface area contributed by atoms with Gasteiger partial charge in [-0.3, -0.25) is 0 Å². The summed E-state index contributed by atoms with van der Waals surface area (Å²) in [5.41, 5.74) is 1.79. The maximum Gasteiger partial charge on any atom is 0.0128 e. The van der Waals surface area contributed by atoms with Crippen molar-refractivity contribution in [1.29, 1.82) is 0 Å². The summed E-state index contributed by atoms with van der Waals surface area (Å²) in [6.45, 7) is 11.5. The number of allylic oxidation sites excluding steroid dienone is 4. The molecule has 0 aromatic heterocycles. The minimum absolute atomic E-state index is 0.251. The molecule has 1 heteroatoms. The smallest absolute Gasteiger partial charge is 0.0128 e. The summed E-state index contributed by atoms with van der Waals surface area (Å²) >= 11 is 0. The monoisotopic (exact) mass is 178 g/mol. The van der Waals surface area contributed by atoms with Gasteiger partial charge in [-0.1, -0.05) is 52.1 Å². The van der Waals surface area contributed by atoms with Gasteiger partial charge in [0.1, 0.15) is 0 Å². The zero-order valence-corrected chi connectivity index (χ0v) is 9.73. The normalized spacial score (nSPS) is 16.8. The Kier molecular flexibility index (Phi) is 2.52. The predicted octanol–water partition coefficient (Wildman–Crippen LogP) is 3.04. The molecule has 0 spiro atoms. The summed E-state index contributed by atoms with van der Waals surface area (Å²) in [6, 6.07) is 0. The minimum Gasteiger partial charge on any atom is -0.0595 e. The topological polar surface area (TPSA) is 0 Å². The van der Waals surface area contributed by atoms with Gasteiger partial charge >= 0.3 is 0 Å². The highest BCUT2D eigenvalue weighted by molar-refractivity contribution is 6.73. The molecule has 0 aromatic carbocycles. The Hall–Kier alpha value is -0.433. The summed E-state index contributed by atoms with van der Waals surface area (Å²) in [7, 11) is -0.251. The lowest BCUT2D eigenvalue weighted by Gasteiger charge is -2.18. The second-order valence-electron chi connectivity index (χ2n) is 4.64. The molecule has 0 heterocycles. The Morgan fingerprint density at radius 1 is 1.08 bits per heavy atom. The van der Waals surface area contributed by atoms with E-state index in [9.17, 15) is 0 Å². The summed E-state index contributed by atoms with van der Waals surface area (Å²) in [5, 5.41) is 1.56. The third-order valence-corrected chi connectivity index (χ3v) is 3.66. The van der Waals surface area contributed by atoms with Crippen molar-refractivity contribution >= 4 is 13.6 Å². The Labute approximate surface area is 77.2 Å². The zero-order chi connectivity index (χ0) is 9.35. The van der Waals surface area contributed by atoms with E-state index in [4.69, 9.17) is 0 Å². The van der Waals surface area contributed by atoms with E-state index in [-0.39, 0.29) is 8.41 Å². The molecule has 0 saturated heterocycles. The fourth-order valence-electron chi connectivity index (χ4n) is 1.22. The van der Waals surface area contributed by atoms with Crippen LogP contribution in [0.15, 0.2) is 23.8 Å². The SMILES string of the molecule is C[Si](C)=C1C=CC(C(C)(C)C)=C1. The first-order valence-electron chi connectivity index (χ1n) is 4.49. The first-order valence-corrected chi connectivity index (χ1v) is 6.99. The van der Waals surface area contributed by atoms with Gasteiger partial charge in [0, 0.05) is 8.41 Å². The summed E-state index contributed by atoms with van der Waals surface area (Å²) in [6.07, 6.45) is 6.93. The summed E-state index contributed by atoms with van der Waals surface area (Å²) in [4.78, 5) is 0. The Morgan fingerprint density at radius 2 is 1.67 bits per heavy atom. The molecule has 0 N–H and O–H groups in total. The third-order valence-electron chi connectivity index (χ3n) is 2.20. The van der Waals surface area contributed by atoms with Crippen LogP contribution in [0, 0.1) is 5.41 Å². The van der Waals surface area contributed by atoms with E-state index in [1.807, 2.05) is 0 Å². The summed E-state index contributed by atoms with van der Waals surface area (Å²) in [5.74, 6) is 0. The lowest BCUT2D eigenvalue weighted by atomic mass is 9.87. The Bertz CT molecular complexity index is 268. The molecule has 0 aliphatic heterocycles. The molecule has 0 amide bonds. The molecule has 1 rings (SSSR count). The molecular weight excluding hydrogens is 160 g/mol. The van der Waals surface area contributed by atoms with Gasteiger partial charge in [-0.05, 0) is 16.2 Å². The fraction of sp³-hybridized carbons (Fsp3) is 0.545. The van der Waals surface area contributed by atoms with Crippen molar-refractivity contribution in [2.24, 2.45) is 5.41 Å². The van der Waals surface area contributed by atoms with Gasteiger partial charge in [0.25, 0.3) is 0 Å². The van der Waals surface area contributed by atoms with Gasteiger partial charge in [0.05, 0.1) is 0 Å². The first kappa shape index (κ1) is 9.65. The van der Waals surface area contributed by atoms with Gasteiger partial charge in [0.2, 0.25) is 0 Å². The average molecular weight is 178 g/mol. The molecule has 0 bridgehead atoms. The van der Waals surface area contributed by atoms with Crippen LogP contribution in [0.1, 0.15) is 20.8 Å². The molecule has 12 heavy (non-hydrogen) atoms. The standard InChI is InChI=1S/C11H18Si/c1-11(2,3)9-6-7-10(8-9)12(4)5/h6-8H,1-5H3. The van der Waals surface area contributed by atoms with Crippen molar-refractivity contribution in [3.63, 3.8) is 0 Å². The van der Waals surface area contributed by atoms with Crippen molar-refractivity contribution in [3.8, 4) is 0 Å². The molecule has 0 atom stereocenters. The maximum absolute atomic E-state index is 2.37. The maximum atomic E-state index is 2.37.